The predicted molar refractivity (Wildman–Crippen MR) is 104 cm³/mol. The number of aromatic nitrogens is 2. The molecule has 0 unspecified atom stereocenters. The largest absolute Gasteiger partial charge is 0.493 e. The van der Waals surface area contributed by atoms with Crippen molar-refractivity contribution in [3.63, 3.8) is 0 Å². The van der Waals surface area contributed by atoms with E-state index in [1.165, 1.54) is 5.56 Å². The highest BCUT2D eigenvalue weighted by molar-refractivity contribution is 7.10. The van der Waals surface area contributed by atoms with E-state index in [0.717, 1.165) is 41.2 Å². The molecule has 0 bridgehead atoms. The molecule has 0 fully saturated rings. The van der Waals surface area contributed by atoms with Crippen LogP contribution >= 0.6 is 11.3 Å². The normalized spacial score (nSPS) is 10.7. The summed E-state index contributed by atoms with van der Waals surface area (Å²) in [5.74, 6) is 0.602. The summed E-state index contributed by atoms with van der Waals surface area (Å²) in [7, 11) is 0. The molecule has 2 aromatic heterocycles. The number of nitrogens with one attached hydrogen (secondary N) is 1. The molecule has 0 saturated carbocycles. The molecule has 0 saturated heterocycles. The third-order valence-corrected chi connectivity index (χ3v) is 4.96. The van der Waals surface area contributed by atoms with Gasteiger partial charge in [-0.25, -0.2) is 0 Å². The van der Waals surface area contributed by atoms with Crippen LogP contribution in [0.4, 0.5) is 0 Å². The Morgan fingerprint density at radius 1 is 1.27 bits per heavy atom. The molecule has 26 heavy (non-hydrogen) atoms. The monoisotopic (exact) mass is 368 g/mol. The van der Waals surface area contributed by atoms with Crippen molar-refractivity contribution in [2.45, 2.75) is 19.8 Å². The molecular formula is C20H20N2O3S. The van der Waals surface area contributed by atoms with Gasteiger partial charge in [-0.05, 0) is 41.3 Å². The van der Waals surface area contributed by atoms with Gasteiger partial charge in [0.05, 0.1) is 11.5 Å². The van der Waals surface area contributed by atoms with Gasteiger partial charge < -0.3 is 9.84 Å². The maximum absolute atomic E-state index is 11.3. The number of thiazole rings is 1. The number of pyridine rings is 1. The van der Waals surface area contributed by atoms with Gasteiger partial charge in [-0.1, -0.05) is 43.0 Å². The van der Waals surface area contributed by atoms with Crippen molar-refractivity contribution in [3.05, 3.63) is 80.5 Å². The number of aromatic amines is 1. The van der Waals surface area contributed by atoms with Gasteiger partial charge in [-0.15, -0.1) is 0 Å². The minimum absolute atomic E-state index is 0.146. The summed E-state index contributed by atoms with van der Waals surface area (Å²) < 4.78 is 5.76. The van der Waals surface area contributed by atoms with E-state index in [1.54, 1.807) is 0 Å². The predicted octanol–water partition coefficient (Wildman–Crippen LogP) is 3.78. The van der Waals surface area contributed by atoms with Crippen LogP contribution in [0, 0.1) is 0 Å². The van der Waals surface area contributed by atoms with Crippen LogP contribution in [0.1, 0.15) is 28.6 Å². The number of rotatable bonds is 7. The second-order valence-corrected chi connectivity index (χ2v) is 6.79. The maximum Gasteiger partial charge on any atom is 0.307 e. The van der Waals surface area contributed by atoms with E-state index in [9.17, 15) is 9.90 Å². The zero-order valence-corrected chi connectivity index (χ0v) is 15.3. The Hall–Kier alpha value is -2.86. The van der Waals surface area contributed by atoms with Crippen LogP contribution in [-0.2, 0) is 12.8 Å². The van der Waals surface area contributed by atoms with Gasteiger partial charge in [0.15, 0.2) is 0 Å². The van der Waals surface area contributed by atoms with Crippen LogP contribution in [0.3, 0.4) is 0 Å². The molecule has 0 atom stereocenters. The van der Waals surface area contributed by atoms with Crippen molar-refractivity contribution in [1.29, 1.82) is 0 Å². The lowest BCUT2D eigenvalue weighted by molar-refractivity contribution is 0.320. The summed E-state index contributed by atoms with van der Waals surface area (Å²) in [6, 6.07) is 11.5. The van der Waals surface area contributed by atoms with Crippen molar-refractivity contribution < 1.29 is 9.84 Å². The molecule has 3 rings (SSSR count). The van der Waals surface area contributed by atoms with E-state index in [2.05, 4.69) is 29.5 Å². The molecule has 3 aromatic rings. The van der Waals surface area contributed by atoms with Crippen molar-refractivity contribution in [3.8, 4) is 11.6 Å². The number of hydrogen-bond donors (Lipinski definition) is 2. The van der Waals surface area contributed by atoms with E-state index in [-0.39, 0.29) is 10.8 Å². The molecule has 134 valence electrons. The minimum Gasteiger partial charge on any atom is -0.493 e. The Balaban J connectivity index is 1.58. The molecule has 0 radical (unpaired) electrons. The van der Waals surface area contributed by atoms with Gasteiger partial charge in [-0.2, -0.15) is 0 Å². The number of benzene rings is 1. The smallest absolute Gasteiger partial charge is 0.307 e. The Kier molecular flexibility index (Phi) is 5.53. The van der Waals surface area contributed by atoms with Gasteiger partial charge in [0.2, 0.25) is 5.88 Å². The first-order valence-corrected chi connectivity index (χ1v) is 9.17. The first-order valence-electron chi connectivity index (χ1n) is 8.35. The van der Waals surface area contributed by atoms with Gasteiger partial charge >= 0.3 is 4.87 Å². The zero-order chi connectivity index (χ0) is 18.5. The highest BCUT2D eigenvalue weighted by Gasteiger charge is 2.12. The number of nitrogens with zero attached hydrogens (tertiary/aromatic N) is 1. The summed E-state index contributed by atoms with van der Waals surface area (Å²) in [4.78, 5) is 18.2. The number of H-pyrrole nitrogens is 1. The van der Waals surface area contributed by atoms with E-state index >= 15 is 0 Å². The second-order valence-electron chi connectivity index (χ2n) is 5.80. The molecular weight excluding hydrogens is 348 g/mol. The van der Waals surface area contributed by atoms with E-state index < -0.39 is 0 Å². The average Bonchev–Trinajstić information content (AvgIpc) is 3.00. The number of aryl methyl sites for hydroxylation is 1. The molecule has 0 aliphatic carbocycles. The molecule has 1 aromatic carbocycles. The summed E-state index contributed by atoms with van der Waals surface area (Å²) >= 11 is 0.937. The zero-order valence-electron chi connectivity index (χ0n) is 14.5. The fourth-order valence-corrected chi connectivity index (χ4v) is 3.22. The molecule has 2 N–H and O–H groups in total. The molecule has 2 heterocycles. The summed E-state index contributed by atoms with van der Waals surface area (Å²) in [6.45, 7) is 6.60. The fraction of sp³-hybridized carbons (Fsp3) is 0.200. The second kappa shape index (κ2) is 8.01. The van der Waals surface area contributed by atoms with Crippen molar-refractivity contribution in [2.24, 2.45) is 0 Å². The number of aromatic hydroxyl groups is 1. The first-order chi connectivity index (χ1) is 12.6. The standard InChI is InChI=1S/C20H20N2O3S/c1-3-14-4-7-16(21-12-14)10-11-25-17-8-5-15(6-9-17)13(2)18-19(23)22-20(24)26-18/h4-9,12,23H,2-3,10-11H2,1H3,(H,22,24). The topological polar surface area (TPSA) is 75.2 Å². The van der Waals surface area contributed by atoms with Crippen LogP contribution in [0.15, 0.2) is 54.0 Å². The molecule has 5 nitrogen and oxygen atoms in total. The van der Waals surface area contributed by atoms with Gasteiger partial charge in [0, 0.05) is 18.3 Å². The van der Waals surface area contributed by atoms with Crippen molar-refractivity contribution >= 4 is 16.9 Å². The number of hydrogen-bond acceptors (Lipinski definition) is 5. The lowest BCUT2D eigenvalue weighted by atomic mass is 10.1. The van der Waals surface area contributed by atoms with Gasteiger partial charge in [0.25, 0.3) is 0 Å². The molecule has 6 heteroatoms. The van der Waals surface area contributed by atoms with Crippen LogP contribution in [0.2, 0.25) is 0 Å². The Bertz CT molecular complexity index is 940. The summed E-state index contributed by atoms with van der Waals surface area (Å²) in [6.07, 6.45) is 3.63. The maximum atomic E-state index is 11.3. The van der Waals surface area contributed by atoms with Gasteiger partial charge in [0.1, 0.15) is 5.75 Å². The highest BCUT2D eigenvalue weighted by atomic mass is 32.1. The van der Waals surface area contributed by atoms with Crippen LogP contribution in [0.5, 0.6) is 11.6 Å². The van der Waals surface area contributed by atoms with E-state index in [1.807, 2.05) is 36.5 Å². The third kappa shape index (κ3) is 4.21. The average molecular weight is 368 g/mol. The summed E-state index contributed by atoms with van der Waals surface area (Å²) in [5, 5.41) is 9.74. The molecule has 0 aliphatic rings. The molecule has 0 spiro atoms. The SMILES string of the molecule is C=C(c1ccc(OCCc2ccc(CC)cn2)cc1)c1sc(=O)[nH]c1O. The Morgan fingerprint density at radius 3 is 2.62 bits per heavy atom. The van der Waals surface area contributed by atoms with E-state index in [4.69, 9.17) is 4.74 Å². The highest BCUT2D eigenvalue weighted by Crippen LogP contribution is 2.30. The third-order valence-electron chi connectivity index (χ3n) is 4.03. The number of ether oxygens (including phenoxy) is 1. The summed E-state index contributed by atoms with van der Waals surface area (Å²) in [5.41, 5.74) is 3.64. The first kappa shape index (κ1) is 17.9. The Morgan fingerprint density at radius 2 is 2.04 bits per heavy atom. The van der Waals surface area contributed by atoms with Crippen LogP contribution < -0.4 is 9.61 Å². The quantitative estimate of drug-likeness (QED) is 0.665. The fourth-order valence-electron chi connectivity index (χ4n) is 2.49. The minimum atomic E-state index is -0.306. The molecule has 0 aliphatic heterocycles. The van der Waals surface area contributed by atoms with E-state index in [0.29, 0.717) is 17.1 Å². The van der Waals surface area contributed by atoms with Crippen molar-refractivity contribution in [2.75, 3.05) is 6.61 Å². The van der Waals surface area contributed by atoms with Crippen LogP contribution in [-0.4, -0.2) is 21.7 Å². The van der Waals surface area contributed by atoms with Crippen LogP contribution in [0.25, 0.3) is 5.57 Å². The van der Waals surface area contributed by atoms with Crippen molar-refractivity contribution in [1.82, 2.24) is 9.97 Å². The lowest BCUT2D eigenvalue weighted by Crippen LogP contribution is -2.03. The molecule has 0 amide bonds. The van der Waals surface area contributed by atoms with Gasteiger partial charge in [-0.3, -0.25) is 14.8 Å². The lowest BCUT2D eigenvalue weighted by Gasteiger charge is -2.08. The Labute approximate surface area is 155 Å².